The molecule has 0 aliphatic heterocycles. The van der Waals surface area contributed by atoms with Crippen LogP contribution in [-0.4, -0.2) is 31.2 Å². The molecule has 0 spiro atoms. The molecule has 0 saturated heterocycles. The minimum absolute atomic E-state index is 0.111. The van der Waals surface area contributed by atoms with E-state index in [1.165, 1.54) is 18.3 Å². The Morgan fingerprint density at radius 2 is 1.95 bits per heavy atom. The van der Waals surface area contributed by atoms with E-state index in [0.717, 1.165) is 4.68 Å². The van der Waals surface area contributed by atoms with Crippen molar-refractivity contribution >= 4 is 40.8 Å². The fraction of sp³-hybridized carbons (Fsp3) is 0.182. The molecule has 106 valence electrons. The highest BCUT2D eigenvalue weighted by Crippen LogP contribution is 2.37. The number of hydrogen-bond acceptors (Lipinski definition) is 4. The van der Waals surface area contributed by atoms with Gasteiger partial charge in [-0.15, -0.1) is 5.10 Å². The van der Waals surface area contributed by atoms with E-state index in [4.69, 9.17) is 39.9 Å². The van der Waals surface area contributed by atoms with Crippen LogP contribution in [0.4, 0.5) is 0 Å². The van der Waals surface area contributed by atoms with Crippen molar-refractivity contribution in [3.05, 3.63) is 44.7 Å². The van der Waals surface area contributed by atoms with Crippen LogP contribution in [0.25, 0.3) is 0 Å². The Labute approximate surface area is 128 Å². The van der Waals surface area contributed by atoms with Crippen LogP contribution in [0.1, 0.15) is 17.4 Å². The van der Waals surface area contributed by atoms with Crippen LogP contribution in [0.5, 0.6) is 0 Å². The van der Waals surface area contributed by atoms with Crippen molar-refractivity contribution in [3.63, 3.8) is 0 Å². The van der Waals surface area contributed by atoms with Crippen LogP contribution in [0.15, 0.2) is 18.3 Å². The minimum atomic E-state index is -1.25. The Bertz CT molecular complexity index is 660. The number of aromatic nitrogens is 3. The Morgan fingerprint density at radius 1 is 1.30 bits per heavy atom. The van der Waals surface area contributed by atoms with Crippen molar-refractivity contribution < 1.29 is 15.0 Å². The maximum atomic E-state index is 10.6. The summed E-state index contributed by atoms with van der Waals surface area (Å²) < 4.78 is 1.08. The number of aliphatic hydroxyl groups is 1. The SMILES string of the molecule is O=C(O)Cn1cc(C(O)c2c(Cl)ccc(Cl)c2Cl)nn1. The average molecular weight is 337 g/mol. The molecule has 0 fully saturated rings. The van der Waals surface area contributed by atoms with Gasteiger partial charge in [0.15, 0.2) is 0 Å². The molecule has 0 aliphatic carbocycles. The highest BCUT2D eigenvalue weighted by Gasteiger charge is 2.22. The summed E-state index contributed by atoms with van der Waals surface area (Å²) in [6.07, 6.45) is 0.0445. The fourth-order valence-electron chi connectivity index (χ4n) is 1.60. The standard InChI is InChI=1S/C11H8Cl3N3O3/c12-5-1-2-6(13)10(14)9(5)11(20)7-3-17(16-15-7)4-8(18)19/h1-3,11,20H,4H2,(H,18,19). The van der Waals surface area contributed by atoms with Gasteiger partial charge in [-0.25, -0.2) is 4.68 Å². The molecular formula is C11H8Cl3N3O3. The zero-order valence-electron chi connectivity index (χ0n) is 9.79. The second-order valence-corrected chi connectivity index (χ2v) is 5.09. The maximum absolute atomic E-state index is 10.6. The lowest BCUT2D eigenvalue weighted by molar-refractivity contribution is -0.137. The number of rotatable bonds is 4. The van der Waals surface area contributed by atoms with Crippen molar-refractivity contribution in [1.82, 2.24) is 15.0 Å². The molecule has 0 aliphatic rings. The van der Waals surface area contributed by atoms with Gasteiger partial charge in [0.25, 0.3) is 0 Å². The topological polar surface area (TPSA) is 88.2 Å². The highest BCUT2D eigenvalue weighted by molar-refractivity contribution is 6.44. The van der Waals surface area contributed by atoms with Gasteiger partial charge in [-0.1, -0.05) is 40.0 Å². The van der Waals surface area contributed by atoms with Crippen molar-refractivity contribution in [2.24, 2.45) is 0 Å². The summed E-state index contributed by atoms with van der Waals surface area (Å²) in [6.45, 7) is -0.364. The van der Waals surface area contributed by atoms with Gasteiger partial charge < -0.3 is 10.2 Å². The van der Waals surface area contributed by atoms with E-state index in [9.17, 15) is 9.90 Å². The first-order valence-corrected chi connectivity index (χ1v) is 6.47. The van der Waals surface area contributed by atoms with Crippen molar-refractivity contribution in [2.75, 3.05) is 0 Å². The molecule has 1 heterocycles. The van der Waals surface area contributed by atoms with Gasteiger partial charge in [0.2, 0.25) is 0 Å². The normalized spacial score (nSPS) is 12.4. The largest absolute Gasteiger partial charge is 0.480 e. The first kappa shape index (κ1) is 15.1. The average Bonchev–Trinajstić information content (AvgIpc) is 2.82. The summed E-state index contributed by atoms with van der Waals surface area (Å²) in [7, 11) is 0. The number of aliphatic carboxylic acids is 1. The lowest BCUT2D eigenvalue weighted by atomic mass is 10.1. The molecule has 9 heteroatoms. The summed E-state index contributed by atoms with van der Waals surface area (Å²) in [5, 5.41) is 26.7. The summed E-state index contributed by atoms with van der Waals surface area (Å²) in [6, 6.07) is 3.00. The van der Waals surface area contributed by atoms with E-state index in [0.29, 0.717) is 0 Å². The molecule has 1 aromatic heterocycles. The number of aliphatic hydroxyl groups excluding tert-OH is 1. The lowest BCUT2D eigenvalue weighted by Gasteiger charge is -2.12. The maximum Gasteiger partial charge on any atom is 0.325 e. The number of carboxylic acids is 1. The van der Waals surface area contributed by atoms with E-state index in [1.807, 2.05) is 0 Å². The van der Waals surface area contributed by atoms with Crippen molar-refractivity contribution in [1.29, 1.82) is 0 Å². The molecule has 1 aromatic carbocycles. The quantitative estimate of drug-likeness (QED) is 0.837. The van der Waals surface area contributed by atoms with Crippen LogP contribution < -0.4 is 0 Å². The second-order valence-electron chi connectivity index (χ2n) is 3.89. The first-order chi connectivity index (χ1) is 9.40. The Morgan fingerprint density at radius 3 is 2.60 bits per heavy atom. The number of nitrogens with zero attached hydrogens (tertiary/aromatic N) is 3. The Kier molecular flexibility index (Phi) is 4.49. The van der Waals surface area contributed by atoms with Gasteiger partial charge in [-0.3, -0.25) is 4.79 Å². The lowest BCUT2D eigenvalue weighted by Crippen LogP contribution is -2.09. The number of hydrogen-bond donors (Lipinski definition) is 2. The van der Waals surface area contributed by atoms with E-state index in [1.54, 1.807) is 0 Å². The van der Waals surface area contributed by atoms with E-state index in [-0.39, 0.29) is 32.9 Å². The predicted molar refractivity (Wildman–Crippen MR) is 73.2 cm³/mol. The Balaban J connectivity index is 2.36. The first-order valence-electron chi connectivity index (χ1n) is 5.33. The number of benzene rings is 1. The second kappa shape index (κ2) is 5.97. The Hall–Kier alpha value is -1.34. The van der Waals surface area contributed by atoms with Crippen LogP contribution in [0.2, 0.25) is 15.1 Å². The molecule has 6 nitrogen and oxygen atoms in total. The molecule has 2 aromatic rings. The zero-order valence-corrected chi connectivity index (χ0v) is 12.1. The van der Waals surface area contributed by atoms with Crippen LogP contribution in [-0.2, 0) is 11.3 Å². The fourth-order valence-corrected chi connectivity index (χ4v) is 2.34. The van der Waals surface area contributed by atoms with E-state index >= 15 is 0 Å². The molecule has 0 amide bonds. The van der Waals surface area contributed by atoms with Gasteiger partial charge in [0.1, 0.15) is 18.3 Å². The number of carboxylic acid groups (broad SMARTS) is 1. The van der Waals surface area contributed by atoms with Crippen molar-refractivity contribution in [2.45, 2.75) is 12.6 Å². The summed E-state index contributed by atoms with van der Waals surface area (Å²) >= 11 is 17.9. The number of carbonyl (C=O) groups is 1. The predicted octanol–water partition coefficient (Wildman–Crippen LogP) is 2.40. The van der Waals surface area contributed by atoms with Gasteiger partial charge in [-0.2, -0.15) is 0 Å². The number of halogens is 3. The van der Waals surface area contributed by atoms with E-state index in [2.05, 4.69) is 10.3 Å². The third kappa shape index (κ3) is 3.04. The molecular weight excluding hydrogens is 328 g/mol. The molecule has 2 N–H and O–H groups in total. The summed E-state index contributed by atoms with van der Waals surface area (Å²) in [5.74, 6) is -1.07. The zero-order chi connectivity index (χ0) is 14.9. The monoisotopic (exact) mass is 335 g/mol. The molecule has 1 atom stereocenters. The third-order valence-electron chi connectivity index (χ3n) is 2.49. The van der Waals surface area contributed by atoms with Crippen LogP contribution in [0.3, 0.4) is 0 Å². The molecule has 1 unspecified atom stereocenters. The third-order valence-corrected chi connectivity index (χ3v) is 3.64. The molecule has 0 radical (unpaired) electrons. The van der Waals surface area contributed by atoms with Gasteiger partial charge in [0, 0.05) is 10.6 Å². The van der Waals surface area contributed by atoms with Gasteiger partial charge in [0.05, 0.1) is 16.2 Å². The van der Waals surface area contributed by atoms with E-state index < -0.39 is 12.1 Å². The summed E-state index contributed by atoms with van der Waals surface area (Å²) in [4.78, 5) is 10.6. The minimum Gasteiger partial charge on any atom is -0.480 e. The van der Waals surface area contributed by atoms with Gasteiger partial charge in [-0.05, 0) is 12.1 Å². The van der Waals surface area contributed by atoms with Crippen molar-refractivity contribution in [3.8, 4) is 0 Å². The molecule has 0 saturated carbocycles. The molecule has 0 bridgehead atoms. The van der Waals surface area contributed by atoms with Crippen LogP contribution in [0, 0.1) is 0 Å². The smallest absolute Gasteiger partial charge is 0.325 e. The van der Waals surface area contributed by atoms with Gasteiger partial charge >= 0.3 is 5.97 Å². The highest BCUT2D eigenvalue weighted by atomic mass is 35.5. The molecule has 20 heavy (non-hydrogen) atoms. The molecule has 2 rings (SSSR count). The van der Waals surface area contributed by atoms with Crippen LogP contribution >= 0.6 is 34.8 Å². The summed E-state index contributed by atoms with van der Waals surface area (Å²) in [5.41, 5.74) is 0.320.